The van der Waals surface area contributed by atoms with Gasteiger partial charge in [-0.3, -0.25) is 0 Å². The van der Waals surface area contributed by atoms with Gasteiger partial charge in [-0.1, -0.05) is 13.8 Å². The summed E-state index contributed by atoms with van der Waals surface area (Å²) in [4.78, 5) is 0. The van der Waals surface area contributed by atoms with E-state index < -0.39 is 5.60 Å². The Kier molecular flexibility index (Phi) is 6.41. The highest BCUT2D eigenvalue weighted by Crippen LogP contribution is 2.22. The molecule has 0 bridgehead atoms. The first-order valence-electron chi connectivity index (χ1n) is 5.86. The maximum atomic E-state index is 9.79. The number of hydrogen-bond acceptors (Lipinski definition) is 3. The lowest BCUT2D eigenvalue weighted by atomic mass is 9.97. The molecule has 0 aliphatic rings. The Hall–Kier alpha value is -0.120. The van der Waals surface area contributed by atoms with Crippen molar-refractivity contribution in [2.75, 3.05) is 13.2 Å². The highest BCUT2D eigenvalue weighted by Gasteiger charge is 2.24. The summed E-state index contributed by atoms with van der Waals surface area (Å²) in [6, 6.07) is 0. The number of rotatable bonds is 8. The quantitative estimate of drug-likeness (QED) is 0.656. The third kappa shape index (κ3) is 6.13. The molecule has 0 saturated heterocycles. The molecule has 0 rings (SSSR count). The summed E-state index contributed by atoms with van der Waals surface area (Å²) in [5.41, 5.74) is -0.883. The van der Waals surface area contributed by atoms with Crippen LogP contribution in [-0.2, 0) is 4.74 Å². The van der Waals surface area contributed by atoms with E-state index in [1.807, 2.05) is 27.7 Å². The fraction of sp³-hybridized carbons (Fsp3) is 1.00. The second-order valence-electron chi connectivity index (χ2n) is 4.73. The Morgan fingerprint density at radius 1 is 1.07 bits per heavy atom. The van der Waals surface area contributed by atoms with Crippen LogP contribution in [0.2, 0.25) is 0 Å². The van der Waals surface area contributed by atoms with E-state index in [0.29, 0.717) is 19.4 Å². The summed E-state index contributed by atoms with van der Waals surface area (Å²) in [6.45, 7) is 8.54. The predicted octanol–water partition coefficient (Wildman–Crippen LogP) is 2.11. The van der Waals surface area contributed by atoms with Crippen LogP contribution >= 0.6 is 0 Å². The molecule has 0 heterocycles. The standard InChI is InChI=1S/C12H26O3/c1-5-11(3,14)8-10-15-12(4,6-2)7-9-13/h13-14H,5-10H2,1-4H3. The molecule has 0 saturated carbocycles. The van der Waals surface area contributed by atoms with Crippen LogP contribution in [0, 0.1) is 0 Å². The van der Waals surface area contributed by atoms with E-state index in [0.717, 1.165) is 12.8 Å². The van der Waals surface area contributed by atoms with Crippen molar-refractivity contribution in [1.29, 1.82) is 0 Å². The first-order chi connectivity index (χ1) is 6.89. The van der Waals surface area contributed by atoms with Gasteiger partial charge in [0.25, 0.3) is 0 Å². The molecule has 0 aromatic carbocycles. The van der Waals surface area contributed by atoms with Crippen LogP contribution in [0.3, 0.4) is 0 Å². The van der Waals surface area contributed by atoms with Gasteiger partial charge in [-0.2, -0.15) is 0 Å². The maximum Gasteiger partial charge on any atom is 0.0673 e. The van der Waals surface area contributed by atoms with E-state index in [-0.39, 0.29) is 12.2 Å². The van der Waals surface area contributed by atoms with Crippen molar-refractivity contribution in [1.82, 2.24) is 0 Å². The van der Waals surface area contributed by atoms with Gasteiger partial charge in [-0.05, 0) is 39.5 Å². The summed E-state index contributed by atoms with van der Waals surface area (Å²) in [7, 11) is 0. The fourth-order valence-electron chi connectivity index (χ4n) is 1.28. The average Bonchev–Trinajstić information content (AvgIpc) is 2.18. The summed E-state index contributed by atoms with van der Waals surface area (Å²) < 4.78 is 5.74. The molecule has 2 N–H and O–H groups in total. The Labute approximate surface area is 93.5 Å². The second kappa shape index (κ2) is 6.46. The molecule has 0 aromatic rings. The lowest BCUT2D eigenvalue weighted by Crippen LogP contribution is -2.32. The normalized spacial score (nSPS) is 19.6. The maximum absolute atomic E-state index is 9.79. The van der Waals surface area contributed by atoms with Crippen molar-refractivity contribution in [3.05, 3.63) is 0 Å². The van der Waals surface area contributed by atoms with Crippen molar-refractivity contribution in [2.45, 2.75) is 64.6 Å². The molecule has 0 spiro atoms. The third-order valence-corrected chi connectivity index (χ3v) is 3.24. The summed E-state index contributed by atoms with van der Waals surface area (Å²) in [6.07, 6.45) is 2.91. The molecular formula is C12H26O3. The molecule has 0 radical (unpaired) electrons. The van der Waals surface area contributed by atoms with E-state index in [9.17, 15) is 5.11 Å². The van der Waals surface area contributed by atoms with E-state index in [1.54, 1.807) is 0 Å². The molecular weight excluding hydrogens is 192 g/mol. The fourth-order valence-corrected chi connectivity index (χ4v) is 1.28. The molecule has 15 heavy (non-hydrogen) atoms. The topological polar surface area (TPSA) is 49.7 Å². The highest BCUT2D eigenvalue weighted by atomic mass is 16.5. The SMILES string of the molecule is CCC(C)(O)CCOC(C)(CC)CCO. The Balaban J connectivity index is 3.91. The zero-order chi connectivity index (χ0) is 11.9. The van der Waals surface area contributed by atoms with Crippen LogP contribution in [0.15, 0.2) is 0 Å². The Morgan fingerprint density at radius 3 is 2.07 bits per heavy atom. The molecule has 0 aliphatic carbocycles. The van der Waals surface area contributed by atoms with Gasteiger partial charge in [0, 0.05) is 6.61 Å². The van der Waals surface area contributed by atoms with Gasteiger partial charge >= 0.3 is 0 Å². The van der Waals surface area contributed by atoms with Crippen LogP contribution in [0.5, 0.6) is 0 Å². The molecule has 2 unspecified atom stereocenters. The molecule has 0 aliphatic heterocycles. The summed E-state index contributed by atoms with van der Waals surface area (Å²) in [5, 5.41) is 18.7. The van der Waals surface area contributed by atoms with Crippen molar-refractivity contribution in [2.24, 2.45) is 0 Å². The molecule has 2 atom stereocenters. The van der Waals surface area contributed by atoms with Crippen molar-refractivity contribution in [3.63, 3.8) is 0 Å². The smallest absolute Gasteiger partial charge is 0.0673 e. The predicted molar refractivity (Wildman–Crippen MR) is 61.9 cm³/mol. The molecule has 92 valence electrons. The van der Waals surface area contributed by atoms with Crippen LogP contribution in [0.1, 0.15) is 53.4 Å². The van der Waals surface area contributed by atoms with E-state index >= 15 is 0 Å². The van der Waals surface area contributed by atoms with Gasteiger partial charge in [0.1, 0.15) is 0 Å². The minimum Gasteiger partial charge on any atom is -0.396 e. The summed E-state index contributed by atoms with van der Waals surface area (Å²) in [5.74, 6) is 0. The van der Waals surface area contributed by atoms with E-state index in [2.05, 4.69) is 0 Å². The minimum absolute atomic E-state index is 0.147. The van der Waals surface area contributed by atoms with Gasteiger partial charge in [-0.25, -0.2) is 0 Å². The molecule has 0 aromatic heterocycles. The van der Waals surface area contributed by atoms with Gasteiger partial charge in [0.15, 0.2) is 0 Å². The first-order valence-corrected chi connectivity index (χ1v) is 5.86. The number of aliphatic hydroxyl groups excluding tert-OH is 1. The van der Waals surface area contributed by atoms with E-state index in [4.69, 9.17) is 9.84 Å². The van der Waals surface area contributed by atoms with Crippen LogP contribution in [0.4, 0.5) is 0 Å². The van der Waals surface area contributed by atoms with Gasteiger partial charge in [0.05, 0.1) is 17.8 Å². The van der Waals surface area contributed by atoms with Crippen LogP contribution < -0.4 is 0 Å². The van der Waals surface area contributed by atoms with Crippen molar-refractivity contribution in [3.8, 4) is 0 Å². The van der Waals surface area contributed by atoms with Gasteiger partial charge < -0.3 is 14.9 Å². The molecule has 0 amide bonds. The highest BCUT2D eigenvalue weighted by molar-refractivity contribution is 4.75. The third-order valence-electron chi connectivity index (χ3n) is 3.24. The number of ether oxygens (including phenoxy) is 1. The average molecular weight is 218 g/mol. The number of hydrogen-bond donors (Lipinski definition) is 2. The zero-order valence-corrected chi connectivity index (χ0v) is 10.5. The lowest BCUT2D eigenvalue weighted by Gasteiger charge is -2.30. The molecule has 3 nitrogen and oxygen atoms in total. The largest absolute Gasteiger partial charge is 0.396 e. The zero-order valence-electron chi connectivity index (χ0n) is 10.5. The minimum atomic E-state index is -0.631. The lowest BCUT2D eigenvalue weighted by molar-refractivity contribution is -0.0726. The summed E-state index contributed by atoms with van der Waals surface area (Å²) >= 11 is 0. The van der Waals surface area contributed by atoms with Crippen molar-refractivity contribution >= 4 is 0 Å². The Bertz CT molecular complexity index is 168. The first kappa shape index (κ1) is 14.9. The van der Waals surface area contributed by atoms with Gasteiger partial charge in [-0.15, -0.1) is 0 Å². The monoisotopic (exact) mass is 218 g/mol. The van der Waals surface area contributed by atoms with Crippen LogP contribution in [-0.4, -0.2) is 34.6 Å². The second-order valence-corrected chi connectivity index (χ2v) is 4.73. The van der Waals surface area contributed by atoms with E-state index in [1.165, 1.54) is 0 Å². The number of aliphatic hydroxyl groups is 2. The molecule has 3 heteroatoms. The molecule has 0 fully saturated rings. The van der Waals surface area contributed by atoms with Gasteiger partial charge in [0.2, 0.25) is 0 Å². The Morgan fingerprint density at radius 2 is 1.67 bits per heavy atom. The van der Waals surface area contributed by atoms with Crippen LogP contribution in [0.25, 0.3) is 0 Å². The van der Waals surface area contributed by atoms with Crippen molar-refractivity contribution < 1.29 is 14.9 Å².